The molecule has 1 aliphatic carbocycles. The van der Waals surface area contributed by atoms with Gasteiger partial charge in [-0.25, -0.2) is 0 Å². The molecule has 0 aliphatic heterocycles. The molecule has 0 radical (unpaired) electrons. The van der Waals surface area contributed by atoms with Gasteiger partial charge in [0.1, 0.15) is 0 Å². The minimum Gasteiger partial charge on any atom is -0.355 e. The topological polar surface area (TPSA) is 41.1 Å². The van der Waals surface area contributed by atoms with Crippen molar-refractivity contribution in [2.75, 3.05) is 20.1 Å². The van der Waals surface area contributed by atoms with Crippen LogP contribution in [0, 0.1) is 11.8 Å². The Morgan fingerprint density at radius 1 is 1.31 bits per heavy atom. The smallest absolute Gasteiger partial charge is 0.220 e. The van der Waals surface area contributed by atoms with Crippen LogP contribution in [0.4, 0.5) is 0 Å². The molecule has 1 amide bonds. The van der Waals surface area contributed by atoms with Crippen LogP contribution in [0.5, 0.6) is 0 Å². The van der Waals surface area contributed by atoms with Gasteiger partial charge in [-0.3, -0.25) is 4.79 Å². The first-order chi connectivity index (χ1) is 7.22. The maximum absolute atomic E-state index is 11.6. The SMILES string of the molecule is CNCCNC(=O)CC1CCCC(C)C1.Cl. The zero-order valence-corrected chi connectivity index (χ0v) is 11.2. The lowest BCUT2D eigenvalue weighted by Crippen LogP contribution is -2.32. The fourth-order valence-electron chi connectivity index (χ4n) is 2.41. The zero-order valence-electron chi connectivity index (χ0n) is 10.4. The Kier molecular flexibility index (Phi) is 8.67. The van der Waals surface area contributed by atoms with Gasteiger partial charge in [0.05, 0.1) is 0 Å². The largest absolute Gasteiger partial charge is 0.355 e. The Morgan fingerprint density at radius 3 is 2.69 bits per heavy atom. The molecule has 0 saturated heterocycles. The van der Waals surface area contributed by atoms with Crippen molar-refractivity contribution in [3.63, 3.8) is 0 Å². The van der Waals surface area contributed by atoms with Crippen molar-refractivity contribution in [3.8, 4) is 0 Å². The maximum Gasteiger partial charge on any atom is 0.220 e. The average Bonchev–Trinajstić information content (AvgIpc) is 2.18. The van der Waals surface area contributed by atoms with Gasteiger partial charge >= 0.3 is 0 Å². The van der Waals surface area contributed by atoms with Gasteiger partial charge in [-0.1, -0.05) is 19.8 Å². The van der Waals surface area contributed by atoms with E-state index in [0.717, 1.165) is 25.4 Å². The van der Waals surface area contributed by atoms with E-state index in [1.165, 1.54) is 25.7 Å². The third-order valence-corrected chi connectivity index (χ3v) is 3.22. The summed E-state index contributed by atoms with van der Waals surface area (Å²) in [4.78, 5) is 11.6. The second-order valence-corrected chi connectivity index (χ2v) is 4.80. The monoisotopic (exact) mass is 248 g/mol. The quantitative estimate of drug-likeness (QED) is 0.731. The number of hydrogen-bond donors (Lipinski definition) is 2. The molecule has 4 heteroatoms. The summed E-state index contributed by atoms with van der Waals surface area (Å²) in [6.07, 6.45) is 5.85. The molecule has 2 atom stereocenters. The Labute approximate surface area is 105 Å². The third kappa shape index (κ3) is 6.33. The molecule has 0 bridgehead atoms. The van der Waals surface area contributed by atoms with E-state index >= 15 is 0 Å². The van der Waals surface area contributed by atoms with Crippen LogP contribution in [0.25, 0.3) is 0 Å². The molecule has 1 rings (SSSR count). The van der Waals surface area contributed by atoms with Gasteiger partial charge in [-0.05, 0) is 31.7 Å². The van der Waals surface area contributed by atoms with Gasteiger partial charge in [0, 0.05) is 19.5 Å². The highest BCUT2D eigenvalue weighted by atomic mass is 35.5. The van der Waals surface area contributed by atoms with Gasteiger partial charge in [0.2, 0.25) is 5.91 Å². The normalized spacial score (nSPS) is 24.6. The summed E-state index contributed by atoms with van der Waals surface area (Å²) in [6, 6.07) is 0. The first-order valence-corrected chi connectivity index (χ1v) is 6.13. The van der Waals surface area contributed by atoms with E-state index in [1.807, 2.05) is 7.05 Å². The number of carbonyl (C=O) groups is 1. The van der Waals surface area contributed by atoms with E-state index < -0.39 is 0 Å². The number of halogens is 1. The van der Waals surface area contributed by atoms with Gasteiger partial charge in [0.15, 0.2) is 0 Å². The van der Waals surface area contributed by atoms with Crippen molar-refractivity contribution >= 4 is 18.3 Å². The van der Waals surface area contributed by atoms with Crippen LogP contribution in [-0.4, -0.2) is 26.0 Å². The molecule has 0 aromatic heterocycles. The molecule has 1 fully saturated rings. The summed E-state index contributed by atoms with van der Waals surface area (Å²) in [6.45, 7) is 3.90. The molecule has 3 nitrogen and oxygen atoms in total. The lowest BCUT2D eigenvalue weighted by Gasteiger charge is -2.26. The highest BCUT2D eigenvalue weighted by Crippen LogP contribution is 2.30. The van der Waals surface area contributed by atoms with E-state index in [1.54, 1.807) is 0 Å². The molecule has 2 unspecified atom stereocenters. The van der Waals surface area contributed by atoms with E-state index in [9.17, 15) is 4.79 Å². The number of nitrogens with one attached hydrogen (secondary N) is 2. The molecular formula is C12H25ClN2O. The van der Waals surface area contributed by atoms with E-state index in [0.29, 0.717) is 5.92 Å². The van der Waals surface area contributed by atoms with Crippen LogP contribution < -0.4 is 10.6 Å². The molecule has 1 aliphatic rings. The third-order valence-electron chi connectivity index (χ3n) is 3.22. The Morgan fingerprint density at radius 2 is 2.06 bits per heavy atom. The second kappa shape index (κ2) is 8.82. The molecular weight excluding hydrogens is 224 g/mol. The molecule has 16 heavy (non-hydrogen) atoms. The number of likely N-dealkylation sites (N-methyl/N-ethyl adjacent to an activating group) is 1. The molecule has 2 N–H and O–H groups in total. The first kappa shape index (κ1) is 15.7. The molecule has 0 aromatic carbocycles. The van der Waals surface area contributed by atoms with E-state index in [2.05, 4.69) is 17.6 Å². The molecule has 0 spiro atoms. The lowest BCUT2D eigenvalue weighted by molar-refractivity contribution is -0.122. The first-order valence-electron chi connectivity index (χ1n) is 6.13. The maximum atomic E-state index is 11.6. The van der Waals surface area contributed by atoms with Crippen LogP contribution in [0.15, 0.2) is 0 Å². The van der Waals surface area contributed by atoms with E-state index in [4.69, 9.17) is 0 Å². The Bertz CT molecular complexity index is 199. The number of hydrogen-bond acceptors (Lipinski definition) is 2. The van der Waals surface area contributed by atoms with Gasteiger partial charge in [-0.2, -0.15) is 0 Å². The molecule has 0 heterocycles. The summed E-state index contributed by atoms with van der Waals surface area (Å²) in [7, 11) is 1.90. The van der Waals surface area contributed by atoms with Gasteiger partial charge in [-0.15, -0.1) is 12.4 Å². The van der Waals surface area contributed by atoms with Crippen molar-refractivity contribution in [2.45, 2.75) is 39.0 Å². The predicted molar refractivity (Wildman–Crippen MR) is 69.9 cm³/mol. The average molecular weight is 249 g/mol. The number of amides is 1. The van der Waals surface area contributed by atoms with Crippen molar-refractivity contribution in [2.24, 2.45) is 11.8 Å². The summed E-state index contributed by atoms with van der Waals surface area (Å²) < 4.78 is 0. The summed E-state index contributed by atoms with van der Waals surface area (Å²) in [5.41, 5.74) is 0. The van der Waals surface area contributed by atoms with Crippen LogP contribution in [-0.2, 0) is 4.79 Å². The summed E-state index contributed by atoms with van der Waals surface area (Å²) >= 11 is 0. The minimum atomic E-state index is 0. The van der Waals surface area contributed by atoms with Crippen molar-refractivity contribution in [3.05, 3.63) is 0 Å². The standard InChI is InChI=1S/C12H24N2O.ClH/c1-10-4-3-5-11(8-10)9-12(15)14-7-6-13-2;/h10-11,13H,3-9H2,1-2H3,(H,14,15);1H. The number of carbonyl (C=O) groups excluding carboxylic acids is 1. The van der Waals surface area contributed by atoms with Crippen LogP contribution in [0.3, 0.4) is 0 Å². The summed E-state index contributed by atoms with van der Waals surface area (Å²) in [5, 5.41) is 5.96. The molecule has 1 saturated carbocycles. The minimum absolute atomic E-state index is 0. The van der Waals surface area contributed by atoms with E-state index in [-0.39, 0.29) is 18.3 Å². The molecule has 0 aromatic rings. The number of rotatable bonds is 5. The molecule has 96 valence electrons. The lowest BCUT2D eigenvalue weighted by atomic mass is 9.81. The van der Waals surface area contributed by atoms with Crippen molar-refractivity contribution in [1.29, 1.82) is 0 Å². The second-order valence-electron chi connectivity index (χ2n) is 4.80. The van der Waals surface area contributed by atoms with Crippen LogP contribution in [0.1, 0.15) is 39.0 Å². The van der Waals surface area contributed by atoms with Crippen molar-refractivity contribution < 1.29 is 4.79 Å². The van der Waals surface area contributed by atoms with Gasteiger partial charge in [0.25, 0.3) is 0 Å². The van der Waals surface area contributed by atoms with Gasteiger partial charge < -0.3 is 10.6 Å². The highest BCUT2D eigenvalue weighted by Gasteiger charge is 2.20. The zero-order chi connectivity index (χ0) is 11.1. The van der Waals surface area contributed by atoms with Crippen LogP contribution >= 0.6 is 12.4 Å². The summed E-state index contributed by atoms with van der Waals surface area (Å²) in [5.74, 6) is 1.67. The Hall–Kier alpha value is -0.280. The van der Waals surface area contributed by atoms with Crippen LogP contribution in [0.2, 0.25) is 0 Å². The fraction of sp³-hybridized carbons (Fsp3) is 0.917. The van der Waals surface area contributed by atoms with Crippen molar-refractivity contribution in [1.82, 2.24) is 10.6 Å². The predicted octanol–water partition coefficient (Wildman–Crippen LogP) is 1.96. The Balaban J connectivity index is 0.00000225. The fourth-order valence-corrected chi connectivity index (χ4v) is 2.41. The highest BCUT2D eigenvalue weighted by molar-refractivity contribution is 5.85.